The van der Waals surface area contributed by atoms with Gasteiger partial charge in [0.05, 0.1) is 28.6 Å². The third kappa shape index (κ3) is 7.19. The van der Waals surface area contributed by atoms with Crippen LogP contribution in [0, 0.1) is 0 Å². The average Bonchev–Trinajstić information content (AvgIpc) is 3.01. The van der Waals surface area contributed by atoms with Gasteiger partial charge < -0.3 is 20.3 Å². The summed E-state index contributed by atoms with van der Waals surface area (Å²) in [6.07, 6.45) is 3.70. The van der Waals surface area contributed by atoms with Gasteiger partial charge in [-0.2, -0.15) is 4.98 Å². The van der Waals surface area contributed by atoms with Gasteiger partial charge in [-0.3, -0.25) is 9.80 Å². The fraction of sp³-hybridized carbons (Fsp3) is 0.516. The van der Waals surface area contributed by atoms with Crippen LogP contribution in [0.15, 0.2) is 53.7 Å². The Balaban J connectivity index is 1.23. The summed E-state index contributed by atoms with van der Waals surface area (Å²) in [6, 6.07) is 14.2. The Hall–Kier alpha value is -3.48. The second kappa shape index (κ2) is 13.4. The van der Waals surface area contributed by atoms with Gasteiger partial charge >= 0.3 is 0 Å². The third-order valence-electron chi connectivity index (χ3n) is 8.49. The number of hydrogen-bond donors (Lipinski definition) is 2. The summed E-state index contributed by atoms with van der Waals surface area (Å²) < 4.78 is 31.5. The molecule has 0 spiro atoms. The van der Waals surface area contributed by atoms with Crippen molar-refractivity contribution in [1.82, 2.24) is 24.8 Å². The van der Waals surface area contributed by atoms with E-state index in [1.807, 2.05) is 6.07 Å². The molecular weight excluding hydrogens is 564 g/mol. The summed E-state index contributed by atoms with van der Waals surface area (Å²) in [5.41, 5.74) is 2.27. The highest BCUT2D eigenvalue weighted by atomic mass is 32.2. The van der Waals surface area contributed by atoms with Crippen molar-refractivity contribution < 1.29 is 13.2 Å². The molecule has 0 atom stereocenters. The molecule has 11 nitrogen and oxygen atoms in total. The third-order valence-corrected chi connectivity index (χ3v) is 10.7. The maximum Gasteiger partial charge on any atom is 0.232 e. The molecule has 2 aromatic carbocycles. The van der Waals surface area contributed by atoms with Gasteiger partial charge in [-0.25, -0.2) is 18.4 Å². The quantitative estimate of drug-likeness (QED) is 0.338. The lowest BCUT2D eigenvalue weighted by Crippen LogP contribution is -2.54. The van der Waals surface area contributed by atoms with Gasteiger partial charge in [0.1, 0.15) is 12.1 Å². The Bertz CT molecular complexity index is 1480. The van der Waals surface area contributed by atoms with Crippen molar-refractivity contribution in [2.45, 2.75) is 62.8 Å². The van der Waals surface area contributed by atoms with Gasteiger partial charge in [-0.1, -0.05) is 12.1 Å². The first-order valence-electron chi connectivity index (χ1n) is 15.1. The lowest BCUT2D eigenvalue weighted by atomic mass is 10.0. The fourth-order valence-electron chi connectivity index (χ4n) is 5.82. The standard InChI is InChI=1S/C31H44N8O3S/c1-22(2)37-16-18-39(19-17-37)24-12-14-38(15-13-24)25-10-11-26(28(20-25)42-5)34-30-32-21-33-31(36-30)35-27-8-6-7-9-29(27)43(40,41)23(3)4/h6-11,20-24H,12-19H2,1-5H3,(H2,32,33,34,35,36). The zero-order chi connectivity index (χ0) is 30.6. The molecule has 2 fully saturated rings. The van der Waals surface area contributed by atoms with Gasteiger partial charge in [0.2, 0.25) is 11.9 Å². The molecule has 0 amide bonds. The van der Waals surface area contributed by atoms with Crippen LogP contribution in [0.2, 0.25) is 0 Å². The Morgan fingerprint density at radius 3 is 2.14 bits per heavy atom. The molecular formula is C31H44N8O3S. The molecule has 2 N–H and O–H groups in total. The summed E-state index contributed by atoms with van der Waals surface area (Å²) in [7, 11) is -1.84. The van der Waals surface area contributed by atoms with Crippen molar-refractivity contribution in [2.24, 2.45) is 0 Å². The van der Waals surface area contributed by atoms with Crippen molar-refractivity contribution in [3.63, 3.8) is 0 Å². The minimum absolute atomic E-state index is 0.204. The number of para-hydroxylation sites is 1. The van der Waals surface area contributed by atoms with E-state index in [-0.39, 0.29) is 10.8 Å². The number of piperazine rings is 1. The summed E-state index contributed by atoms with van der Waals surface area (Å²) in [6.45, 7) is 14.6. The van der Waals surface area contributed by atoms with Crippen molar-refractivity contribution in [2.75, 3.05) is 61.9 Å². The van der Waals surface area contributed by atoms with E-state index >= 15 is 0 Å². The van der Waals surface area contributed by atoms with Crippen LogP contribution in [0.25, 0.3) is 0 Å². The van der Waals surface area contributed by atoms with Crippen LogP contribution in [0.3, 0.4) is 0 Å². The number of methoxy groups -OCH3 is 1. The molecule has 0 aliphatic carbocycles. The van der Waals surface area contributed by atoms with E-state index in [9.17, 15) is 8.42 Å². The van der Waals surface area contributed by atoms with Gasteiger partial charge in [-0.15, -0.1) is 0 Å². The zero-order valence-corrected chi connectivity index (χ0v) is 26.6. The number of anilines is 5. The maximum atomic E-state index is 12.9. The van der Waals surface area contributed by atoms with Crippen LogP contribution in [0.4, 0.5) is 29.0 Å². The Kier molecular flexibility index (Phi) is 9.68. The molecule has 0 radical (unpaired) electrons. The van der Waals surface area contributed by atoms with E-state index in [1.165, 1.54) is 6.33 Å². The maximum absolute atomic E-state index is 12.9. The average molecular weight is 609 g/mol. The van der Waals surface area contributed by atoms with E-state index in [1.54, 1.807) is 45.2 Å². The smallest absolute Gasteiger partial charge is 0.232 e. The molecule has 5 rings (SSSR count). The second-order valence-electron chi connectivity index (χ2n) is 11.7. The number of aromatic nitrogens is 3. The number of piperidine rings is 1. The Morgan fingerprint density at radius 1 is 0.860 bits per heavy atom. The van der Waals surface area contributed by atoms with E-state index in [0.29, 0.717) is 29.5 Å². The normalized spacial score (nSPS) is 17.4. The number of hydrogen-bond acceptors (Lipinski definition) is 11. The predicted octanol–water partition coefficient (Wildman–Crippen LogP) is 4.54. The van der Waals surface area contributed by atoms with E-state index in [2.05, 4.69) is 66.3 Å². The van der Waals surface area contributed by atoms with E-state index < -0.39 is 15.1 Å². The van der Waals surface area contributed by atoms with Crippen LogP contribution >= 0.6 is 0 Å². The SMILES string of the molecule is COc1cc(N2CCC(N3CCN(C(C)C)CC3)CC2)ccc1Nc1ncnc(Nc2ccccc2S(=O)(=O)C(C)C)n1. The summed E-state index contributed by atoms with van der Waals surface area (Å²) in [5.74, 6) is 1.23. The number of nitrogens with one attached hydrogen (secondary N) is 2. The number of sulfone groups is 1. The first kappa shape index (κ1) is 31.0. The van der Waals surface area contributed by atoms with Gasteiger partial charge in [-0.05, 0) is 64.8 Å². The minimum atomic E-state index is -3.50. The summed E-state index contributed by atoms with van der Waals surface area (Å²) in [5, 5.41) is 5.72. The first-order chi connectivity index (χ1) is 20.7. The highest BCUT2D eigenvalue weighted by molar-refractivity contribution is 7.92. The zero-order valence-electron chi connectivity index (χ0n) is 25.8. The molecule has 43 heavy (non-hydrogen) atoms. The summed E-state index contributed by atoms with van der Waals surface area (Å²) >= 11 is 0. The molecule has 2 saturated heterocycles. The molecule has 3 heterocycles. The lowest BCUT2D eigenvalue weighted by Gasteiger charge is -2.44. The van der Waals surface area contributed by atoms with Crippen LogP contribution in [0.5, 0.6) is 5.75 Å². The molecule has 232 valence electrons. The number of ether oxygens (including phenoxy) is 1. The Morgan fingerprint density at radius 2 is 1.51 bits per heavy atom. The van der Waals surface area contributed by atoms with Crippen LogP contribution in [0.1, 0.15) is 40.5 Å². The van der Waals surface area contributed by atoms with Crippen molar-refractivity contribution >= 4 is 38.8 Å². The van der Waals surface area contributed by atoms with Crippen LogP contribution in [-0.4, -0.2) is 96.9 Å². The van der Waals surface area contributed by atoms with Gasteiger partial charge in [0.15, 0.2) is 9.84 Å². The van der Waals surface area contributed by atoms with Crippen molar-refractivity contribution in [3.8, 4) is 5.75 Å². The molecule has 1 aromatic heterocycles. The van der Waals surface area contributed by atoms with Crippen molar-refractivity contribution in [1.29, 1.82) is 0 Å². The predicted molar refractivity (Wildman–Crippen MR) is 172 cm³/mol. The second-order valence-corrected chi connectivity index (χ2v) is 14.2. The largest absolute Gasteiger partial charge is 0.494 e. The van der Waals surface area contributed by atoms with E-state index in [4.69, 9.17) is 4.74 Å². The first-order valence-corrected chi connectivity index (χ1v) is 16.7. The minimum Gasteiger partial charge on any atom is -0.494 e. The fourth-order valence-corrected chi connectivity index (χ4v) is 7.02. The van der Waals surface area contributed by atoms with Crippen molar-refractivity contribution in [3.05, 3.63) is 48.8 Å². The topological polar surface area (TPSA) is 116 Å². The number of benzene rings is 2. The van der Waals surface area contributed by atoms with E-state index in [0.717, 1.165) is 63.5 Å². The van der Waals surface area contributed by atoms with Gasteiger partial charge in [0, 0.05) is 63.1 Å². The highest BCUT2D eigenvalue weighted by Crippen LogP contribution is 2.33. The molecule has 0 unspecified atom stereocenters. The lowest BCUT2D eigenvalue weighted by molar-refractivity contribution is 0.0692. The molecule has 0 saturated carbocycles. The van der Waals surface area contributed by atoms with Crippen LogP contribution in [-0.2, 0) is 9.84 Å². The molecule has 2 aliphatic rings. The van der Waals surface area contributed by atoms with Crippen LogP contribution < -0.4 is 20.3 Å². The molecule has 0 bridgehead atoms. The monoisotopic (exact) mass is 608 g/mol. The number of nitrogens with zero attached hydrogens (tertiary/aromatic N) is 6. The molecule has 12 heteroatoms. The number of rotatable bonds is 10. The molecule has 2 aliphatic heterocycles. The summed E-state index contributed by atoms with van der Waals surface area (Å²) in [4.78, 5) is 20.8. The van der Waals surface area contributed by atoms with Gasteiger partial charge in [0.25, 0.3) is 0 Å². The Labute approximate surface area is 255 Å². The molecule has 3 aromatic rings. The highest BCUT2D eigenvalue weighted by Gasteiger charge is 2.28.